The van der Waals surface area contributed by atoms with E-state index < -0.39 is 11.3 Å². The van der Waals surface area contributed by atoms with Gasteiger partial charge in [-0.2, -0.15) is 0 Å². The predicted molar refractivity (Wildman–Crippen MR) is 128 cm³/mol. The number of hydrogen-bond donors (Lipinski definition) is 2. The summed E-state index contributed by atoms with van der Waals surface area (Å²) >= 11 is 7.53. The van der Waals surface area contributed by atoms with Gasteiger partial charge < -0.3 is 10.7 Å². The third-order valence-electron chi connectivity index (χ3n) is 5.40. The number of thioether (sulfide) groups is 1. The minimum Gasteiger partial charge on any atom is -0.325 e. The first-order valence-corrected chi connectivity index (χ1v) is 11.5. The number of benzene rings is 3. The number of nitrogens with one attached hydrogen (secondary N) is 2. The highest BCUT2D eigenvalue weighted by molar-refractivity contribution is 8.00. The molecule has 0 bridgehead atoms. The van der Waals surface area contributed by atoms with Crippen LogP contribution in [0.25, 0.3) is 11.4 Å². The number of carbonyl (C=O) groups excluding carboxylic acids is 1. The standard InChI is InChI=1S/C24H19ClFN5OS/c1-14-7-12-18(13-19(14)25)27-23(32)21-20(15-8-10-17(26)11-9-15)30-31-22(28-29-24(31)33-21)16-5-3-2-4-6-16/h2-13,20-21,30H,1H3,(H,27,32)/t20-,21+/m1/s1. The largest absolute Gasteiger partial charge is 0.325 e. The van der Waals surface area contributed by atoms with E-state index in [4.69, 9.17) is 11.6 Å². The summed E-state index contributed by atoms with van der Waals surface area (Å²) in [7, 11) is 0. The lowest BCUT2D eigenvalue weighted by Crippen LogP contribution is -2.41. The fourth-order valence-corrected chi connectivity index (χ4v) is 4.89. The Morgan fingerprint density at radius 3 is 2.58 bits per heavy atom. The van der Waals surface area contributed by atoms with Crippen LogP contribution in [-0.4, -0.2) is 26.0 Å². The zero-order valence-electron chi connectivity index (χ0n) is 17.5. The first-order valence-electron chi connectivity index (χ1n) is 10.3. The van der Waals surface area contributed by atoms with Gasteiger partial charge in [0.2, 0.25) is 11.1 Å². The second-order valence-electron chi connectivity index (χ2n) is 7.66. The smallest absolute Gasteiger partial charge is 0.240 e. The predicted octanol–water partition coefficient (Wildman–Crippen LogP) is 5.44. The van der Waals surface area contributed by atoms with Crippen molar-refractivity contribution in [1.29, 1.82) is 0 Å². The maximum atomic E-state index is 13.6. The van der Waals surface area contributed by atoms with E-state index >= 15 is 0 Å². The number of nitrogens with zero attached hydrogens (tertiary/aromatic N) is 3. The van der Waals surface area contributed by atoms with E-state index in [2.05, 4.69) is 20.9 Å². The number of carbonyl (C=O) groups is 1. The summed E-state index contributed by atoms with van der Waals surface area (Å²) in [6, 6.07) is 20.7. The summed E-state index contributed by atoms with van der Waals surface area (Å²) in [6.07, 6.45) is 0. The van der Waals surface area contributed by atoms with Gasteiger partial charge in [-0.25, -0.2) is 9.07 Å². The highest BCUT2D eigenvalue weighted by atomic mass is 35.5. The third kappa shape index (κ3) is 4.31. The average Bonchev–Trinajstić information content (AvgIpc) is 3.25. The number of aromatic nitrogens is 3. The summed E-state index contributed by atoms with van der Waals surface area (Å²) in [6.45, 7) is 1.90. The molecule has 0 aliphatic carbocycles. The van der Waals surface area contributed by atoms with Gasteiger partial charge in [-0.05, 0) is 42.3 Å². The maximum Gasteiger partial charge on any atom is 0.240 e. The molecule has 9 heteroatoms. The van der Waals surface area contributed by atoms with Crippen LogP contribution < -0.4 is 10.7 Å². The van der Waals surface area contributed by atoms with Gasteiger partial charge in [-0.15, -0.1) is 10.2 Å². The second kappa shape index (κ2) is 8.88. The molecule has 33 heavy (non-hydrogen) atoms. The Kier molecular flexibility index (Phi) is 5.78. The Hall–Kier alpha value is -3.36. The highest BCUT2D eigenvalue weighted by Gasteiger charge is 2.38. The molecule has 0 spiro atoms. The molecule has 0 radical (unpaired) electrons. The molecule has 2 heterocycles. The molecule has 3 aromatic carbocycles. The van der Waals surface area contributed by atoms with Gasteiger partial charge in [-0.3, -0.25) is 4.79 Å². The quantitative estimate of drug-likeness (QED) is 0.407. The van der Waals surface area contributed by atoms with Crippen molar-refractivity contribution >= 4 is 35.0 Å². The zero-order valence-corrected chi connectivity index (χ0v) is 19.1. The summed E-state index contributed by atoms with van der Waals surface area (Å²) in [5, 5.41) is 12.1. The Labute approximate surface area is 199 Å². The highest BCUT2D eigenvalue weighted by Crippen LogP contribution is 2.39. The molecular weight excluding hydrogens is 461 g/mol. The van der Waals surface area contributed by atoms with Crippen molar-refractivity contribution in [2.24, 2.45) is 0 Å². The van der Waals surface area contributed by atoms with Crippen molar-refractivity contribution in [3.63, 3.8) is 0 Å². The molecule has 5 rings (SSSR count). The number of amides is 1. The molecule has 166 valence electrons. The van der Waals surface area contributed by atoms with Crippen LogP contribution in [-0.2, 0) is 4.79 Å². The van der Waals surface area contributed by atoms with Gasteiger partial charge in [0.25, 0.3) is 0 Å². The molecule has 0 unspecified atom stereocenters. The maximum absolute atomic E-state index is 13.6. The molecule has 0 fully saturated rings. The van der Waals surface area contributed by atoms with Crippen LogP contribution in [0.3, 0.4) is 0 Å². The van der Waals surface area contributed by atoms with Gasteiger partial charge in [0, 0.05) is 16.3 Å². The second-order valence-corrected chi connectivity index (χ2v) is 9.17. The summed E-state index contributed by atoms with van der Waals surface area (Å²) < 4.78 is 15.4. The number of hydrogen-bond acceptors (Lipinski definition) is 5. The lowest BCUT2D eigenvalue weighted by Gasteiger charge is -2.33. The zero-order chi connectivity index (χ0) is 22.9. The summed E-state index contributed by atoms with van der Waals surface area (Å²) in [5.41, 5.74) is 6.56. The average molecular weight is 480 g/mol. The number of halogens is 2. The summed E-state index contributed by atoms with van der Waals surface area (Å²) in [5.74, 6) is 0.0686. The van der Waals surface area contributed by atoms with Crippen molar-refractivity contribution in [3.8, 4) is 11.4 Å². The molecule has 0 saturated carbocycles. The van der Waals surface area contributed by atoms with Gasteiger partial charge >= 0.3 is 0 Å². The Morgan fingerprint density at radius 1 is 1.09 bits per heavy atom. The van der Waals surface area contributed by atoms with Crippen molar-refractivity contribution in [3.05, 3.63) is 94.8 Å². The number of rotatable bonds is 4. The Morgan fingerprint density at radius 2 is 1.85 bits per heavy atom. The molecule has 0 saturated heterocycles. The number of aryl methyl sites for hydroxylation is 1. The van der Waals surface area contributed by atoms with Crippen LogP contribution in [0.4, 0.5) is 10.1 Å². The van der Waals surface area contributed by atoms with Crippen LogP contribution in [0.5, 0.6) is 0 Å². The SMILES string of the molecule is Cc1ccc(NC(=O)[C@H]2Sc3nnc(-c4ccccc4)n3N[C@@H]2c2ccc(F)cc2)cc1Cl. The molecule has 2 N–H and O–H groups in total. The molecule has 1 aliphatic rings. The number of anilines is 1. The summed E-state index contributed by atoms with van der Waals surface area (Å²) in [4.78, 5) is 13.4. The molecule has 2 atom stereocenters. The van der Waals surface area contributed by atoms with Crippen LogP contribution >= 0.6 is 23.4 Å². The van der Waals surface area contributed by atoms with Crippen LogP contribution in [0.15, 0.2) is 78.0 Å². The van der Waals surface area contributed by atoms with Crippen molar-refractivity contribution < 1.29 is 9.18 Å². The lowest BCUT2D eigenvalue weighted by molar-refractivity contribution is -0.116. The van der Waals surface area contributed by atoms with E-state index in [9.17, 15) is 9.18 Å². The first-order chi connectivity index (χ1) is 16.0. The normalized spacial score (nSPS) is 17.2. The molecule has 1 amide bonds. The third-order valence-corrected chi connectivity index (χ3v) is 7.02. The van der Waals surface area contributed by atoms with Crippen molar-refractivity contribution in [2.45, 2.75) is 23.4 Å². The van der Waals surface area contributed by atoms with Crippen molar-refractivity contribution in [1.82, 2.24) is 14.9 Å². The fourth-order valence-electron chi connectivity index (χ4n) is 3.63. The van der Waals surface area contributed by atoms with Crippen LogP contribution in [0.1, 0.15) is 17.2 Å². The van der Waals surface area contributed by atoms with E-state index in [-0.39, 0.29) is 11.7 Å². The van der Waals surface area contributed by atoms with Crippen LogP contribution in [0, 0.1) is 12.7 Å². The molecule has 1 aliphatic heterocycles. The van der Waals surface area contributed by atoms with Gasteiger partial charge in [-0.1, -0.05) is 71.9 Å². The van der Waals surface area contributed by atoms with E-state index in [1.165, 1.54) is 23.9 Å². The van der Waals surface area contributed by atoms with Gasteiger partial charge in [0.1, 0.15) is 11.1 Å². The van der Waals surface area contributed by atoms with Gasteiger partial charge in [0.05, 0.1) is 6.04 Å². The topological polar surface area (TPSA) is 71.8 Å². The Balaban J connectivity index is 1.50. The van der Waals surface area contributed by atoms with E-state index in [1.807, 2.05) is 49.4 Å². The Bertz CT molecular complexity index is 1310. The molecule has 6 nitrogen and oxygen atoms in total. The molecule has 4 aromatic rings. The van der Waals surface area contributed by atoms with E-state index in [0.717, 1.165) is 16.7 Å². The minimum absolute atomic E-state index is 0.225. The lowest BCUT2D eigenvalue weighted by atomic mass is 10.0. The first kappa shape index (κ1) is 21.5. The van der Waals surface area contributed by atoms with Crippen LogP contribution in [0.2, 0.25) is 5.02 Å². The van der Waals surface area contributed by atoms with Crippen molar-refractivity contribution in [2.75, 3.05) is 10.7 Å². The van der Waals surface area contributed by atoms with E-state index in [0.29, 0.717) is 21.7 Å². The molecule has 1 aromatic heterocycles. The van der Waals surface area contributed by atoms with Gasteiger partial charge in [0.15, 0.2) is 5.82 Å². The molecular formula is C24H19ClFN5OS. The minimum atomic E-state index is -0.587. The fraction of sp³-hybridized carbons (Fsp3) is 0.125. The van der Waals surface area contributed by atoms with E-state index in [1.54, 1.807) is 22.9 Å². The monoisotopic (exact) mass is 479 g/mol. The number of fused-ring (bicyclic) bond motifs is 1.